The summed E-state index contributed by atoms with van der Waals surface area (Å²) >= 11 is 0. The minimum absolute atomic E-state index is 1.10. The Balaban J connectivity index is 1.71. The van der Waals surface area contributed by atoms with Crippen LogP contribution < -0.4 is 5.32 Å². The second-order valence-corrected chi connectivity index (χ2v) is 6.97. The van der Waals surface area contributed by atoms with Crippen LogP contribution in [-0.4, -0.2) is 13.6 Å². The highest BCUT2D eigenvalue weighted by atomic mass is 14.8. The Morgan fingerprint density at radius 2 is 1.20 bits per heavy atom. The Morgan fingerprint density at radius 3 is 1.75 bits per heavy atom. The van der Waals surface area contributed by atoms with E-state index in [-0.39, 0.29) is 0 Å². The lowest BCUT2D eigenvalue weighted by Gasteiger charge is -2.03. The molecule has 1 N–H and O–H groups in total. The zero-order valence-electron chi connectivity index (χ0n) is 14.3. The van der Waals surface area contributed by atoms with Crippen molar-refractivity contribution in [1.29, 1.82) is 0 Å². The molecule has 2 unspecified atom stereocenters. The van der Waals surface area contributed by atoms with E-state index in [9.17, 15) is 0 Å². The topological polar surface area (TPSA) is 12.0 Å². The molecule has 0 aliphatic heterocycles. The van der Waals surface area contributed by atoms with Crippen LogP contribution in [0.15, 0.2) is 0 Å². The van der Waals surface area contributed by atoms with Crippen LogP contribution in [0.1, 0.15) is 96.8 Å². The summed E-state index contributed by atoms with van der Waals surface area (Å²) in [6, 6.07) is 0. The Bertz CT molecular complexity index is 202. The number of hydrogen-bond acceptors (Lipinski definition) is 1. The monoisotopic (exact) mass is 281 g/mol. The molecule has 0 aromatic rings. The van der Waals surface area contributed by atoms with Gasteiger partial charge in [0.05, 0.1) is 0 Å². The maximum atomic E-state index is 3.25. The number of unbranched alkanes of at least 4 members (excludes halogenated alkanes) is 9. The molecule has 0 saturated heterocycles. The molecule has 1 nitrogen and oxygen atoms in total. The highest BCUT2D eigenvalue weighted by molar-refractivity contribution is 4.85. The van der Waals surface area contributed by atoms with E-state index in [4.69, 9.17) is 0 Å². The van der Waals surface area contributed by atoms with E-state index < -0.39 is 0 Å². The average Bonchev–Trinajstić information content (AvgIpc) is 3.20. The van der Waals surface area contributed by atoms with Gasteiger partial charge in [-0.15, -0.1) is 0 Å². The van der Waals surface area contributed by atoms with Gasteiger partial charge in [-0.3, -0.25) is 0 Å². The van der Waals surface area contributed by atoms with Crippen molar-refractivity contribution < 1.29 is 0 Å². The van der Waals surface area contributed by atoms with Gasteiger partial charge in [0.1, 0.15) is 0 Å². The first-order valence-corrected chi connectivity index (χ1v) is 9.53. The highest BCUT2D eigenvalue weighted by Gasteiger charge is 2.34. The van der Waals surface area contributed by atoms with E-state index in [1.807, 2.05) is 0 Å². The first-order valence-electron chi connectivity index (χ1n) is 9.53. The van der Waals surface area contributed by atoms with E-state index in [1.54, 1.807) is 6.42 Å². The molecule has 0 amide bonds. The molecule has 20 heavy (non-hydrogen) atoms. The smallest absolute Gasteiger partial charge is 0.00518 e. The summed E-state index contributed by atoms with van der Waals surface area (Å²) in [5.74, 6) is 2.21. The van der Waals surface area contributed by atoms with Gasteiger partial charge in [-0.25, -0.2) is 0 Å². The summed E-state index contributed by atoms with van der Waals surface area (Å²) in [6.45, 7) is 3.51. The predicted octanol–water partition coefficient (Wildman–Crippen LogP) is 5.93. The predicted molar refractivity (Wildman–Crippen MR) is 91.2 cm³/mol. The summed E-state index contributed by atoms with van der Waals surface area (Å²) in [5.41, 5.74) is 0. The largest absolute Gasteiger partial charge is 0.320 e. The normalized spacial score (nSPS) is 21.3. The van der Waals surface area contributed by atoms with Crippen LogP contribution in [0, 0.1) is 11.8 Å². The average molecular weight is 282 g/mol. The van der Waals surface area contributed by atoms with Crippen molar-refractivity contribution in [3.8, 4) is 0 Å². The van der Waals surface area contributed by atoms with Crippen LogP contribution in [0.25, 0.3) is 0 Å². The summed E-state index contributed by atoms with van der Waals surface area (Å²) in [6.07, 6.45) is 20.6. The molecule has 1 heteroatoms. The zero-order chi connectivity index (χ0) is 14.5. The van der Waals surface area contributed by atoms with Gasteiger partial charge in [-0.2, -0.15) is 0 Å². The quantitative estimate of drug-likeness (QED) is 0.367. The van der Waals surface area contributed by atoms with Crippen molar-refractivity contribution in [2.75, 3.05) is 13.6 Å². The third-order valence-corrected chi connectivity index (χ3v) is 5.00. The van der Waals surface area contributed by atoms with E-state index >= 15 is 0 Å². The molecule has 0 heterocycles. The molecule has 1 fully saturated rings. The van der Waals surface area contributed by atoms with Crippen molar-refractivity contribution in [3.05, 3.63) is 0 Å². The standard InChI is InChI=1S/C19H39N/c1-3-4-5-6-7-8-9-10-11-12-14-18-17-19(18)15-13-16-20-2/h18-20H,3-17H2,1-2H3. The van der Waals surface area contributed by atoms with E-state index in [2.05, 4.69) is 19.3 Å². The first kappa shape index (κ1) is 18.0. The van der Waals surface area contributed by atoms with Gasteiger partial charge >= 0.3 is 0 Å². The Kier molecular flexibility index (Phi) is 11.4. The van der Waals surface area contributed by atoms with Gasteiger partial charge in [-0.05, 0) is 44.7 Å². The molecule has 1 rings (SSSR count). The Hall–Kier alpha value is -0.0400. The molecule has 0 spiro atoms. The number of hydrogen-bond donors (Lipinski definition) is 1. The number of rotatable bonds is 15. The van der Waals surface area contributed by atoms with Crippen molar-refractivity contribution in [3.63, 3.8) is 0 Å². The minimum Gasteiger partial charge on any atom is -0.320 e. The van der Waals surface area contributed by atoms with E-state index in [0.29, 0.717) is 0 Å². The maximum absolute atomic E-state index is 3.25. The lowest BCUT2D eigenvalue weighted by molar-refractivity contribution is 0.518. The number of nitrogens with one attached hydrogen (secondary N) is 1. The molecule has 1 aliphatic rings. The second kappa shape index (κ2) is 12.7. The van der Waals surface area contributed by atoms with Crippen molar-refractivity contribution in [2.45, 2.75) is 96.8 Å². The van der Waals surface area contributed by atoms with Crippen LogP contribution in [0.3, 0.4) is 0 Å². The molecule has 1 saturated carbocycles. The molecular formula is C19H39N. The van der Waals surface area contributed by atoms with Gasteiger partial charge in [0.25, 0.3) is 0 Å². The van der Waals surface area contributed by atoms with Gasteiger partial charge in [0.2, 0.25) is 0 Å². The van der Waals surface area contributed by atoms with E-state index in [1.165, 1.54) is 90.0 Å². The van der Waals surface area contributed by atoms with Gasteiger partial charge in [0, 0.05) is 0 Å². The second-order valence-electron chi connectivity index (χ2n) is 6.97. The van der Waals surface area contributed by atoms with Crippen LogP contribution in [0.5, 0.6) is 0 Å². The first-order chi connectivity index (χ1) is 9.88. The fourth-order valence-electron chi connectivity index (χ4n) is 3.45. The summed E-state index contributed by atoms with van der Waals surface area (Å²) < 4.78 is 0. The molecule has 0 aromatic heterocycles. The molecule has 0 aromatic carbocycles. The van der Waals surface area contributed by atoms with Crippen molar-refractivity contribution >= 4 is 0 Å². The van der Waals surface area contributed by atoms with Crippen LogP contribution in [0.2, 0.25) is 0 Å². The maximum Gasteiger partial charge on any atom is -0.00518 e. The summed E-state index contributed by atoms with van der Waals surface area (Å²) in [4.78, 5) is 0. The molecule has 0 radical (unpaired) electrons. The molecule has 0 bridgehead atoms. The van der Waals surface area contributed by atoms with Crippen LogP contribution in [-0.2, 0) is 0 Å². The lowest BCUT2D eigenvalue weighted by Crippen LogP contribution is -2.07. The summed E-state index contributed by atoms with van der Waals surface area (Å²) in [5, 5.41) is 3.25. The molecular weight excluding hydrogens is 242 g/mol. The van der Waals surface area contributed by atoms with Gasteiger partial charge in [-0.1, -0.05) is 77.6 Å². The van der Waals surface area contributed by atoms with Gasteiger partial charge in [0.15, 0.2) is 0 Å². The fraction of sp³-hybridized carbons (Fsp3) is 1.00. The van der Waals surface area contributed by atoms with Crippen molar-refractivity contribution in [2.24, 2.45) is 11.8 Å². The summed E-state index contributed by atoms with van der Waals surface area (Å²) in [7, 11) is 2.06. The Morgan fingerprint density at radius 1 is 0.700 bits per heavy atom. The van der Waals surface area contributed by atoms with Crippen LogP contribution >= 0.6 is 0 Å². The third-order valence-electron chi connectivity index (χ3n) is 5.00. The highest BCUT2D eigenvalue weighted by Crippen LogP contribution is 2.45. The molecule has 2 atom stereocenters. The lowest BCUT2D eigenvalue weighted by atomic mass is 10.0. The minimum atomic E-state index is 1.10. The zero-order valence-corrected chi connectivity index (χ0v) is 14.3. The van der Waals surface area contributed by atoms with Gasteiger partial charge < -0.3 is 5.32 Å². The fourth-order valence-corrected chi connectivity index (χ4v) is 3.45. The Labute approximate surface area is 128 Å². The van der Waals surface area contributed by atoms with Crippen LogP contribution in [0.4, 0.5) is 0 Å². The molecule has 1 aliphatic carbocycles. The van der Waals surface area contributed by atoms with Crippen molar-refractivity contribution in [1.82, 2.24) is 5.32 Å². The van der Waals surface area contributed by atoms with E-state index in [0.717, 1.165) is 11.8 Å². The molecule has 120 valence electrons. The SMILES string of the molecule is CCCCCCCCCCCCC1CC1CCCNC. The third kappa shape index (κ3) is 9.80.